The monoisotopic (exact) mass is 290 g/mol. The molecule has 2 unspecified atom stereocenters. The summed E-state index contributed by atoms with van der Waals surface area (Å²) in [5.41, 5.74) is 0. The minimum absolute atomic E-state index is 0.463. The zero-order chi connectivity index (χ0) is 14.9. The second-order valence-corrected chi connectivity index (χ2v) is 5.89. The number of nitrogens with one attached hydrogen (secondary N) is 2. The van der Waals surface area contributed by atoms with Crippen molar-refractivity contribution in [3.63, 3.8) is 0 Å². The van der Waals surface area contributed by atoms with Crippen molar-refractivity contribution in [3.8, 4) is 0 Å². The van der Waals surface area contributed by atoms with Crippen molar-refractivity contribution in [1.29, 1.82) is 0 Å². The molecule has 2 saturated carbocycles. The smallest absolute Gasteiger partial charge is 0.250 e. The normalized spacial score (nSPS) is 24.4. The van der Waals surface area contributed by atoms with Gasteiger partial charge < -0.3 is 15.7 Å². The van der Waals surface area contributed by atoms with E-state index in [2.05, 4.69) is 10.6 Å². The molecule has 114 valence electrons. The van der Waals surface area contributed by atoms with Crippen molar-refractivity contribution in [2.24, 2.45) is 11.8 Å². The molecule has 0 aromatic heterocycles. The molecule has 0 aromatic rings. The van der Waals surface area contributed by atoms with Gasteiger partial charge in [0.2, 0.25) is 11.8 Å². The quantitative estimate of drug-likeness (QED) is 0.663. The van der Waals surface area contributed by atoms with Crippen LogP contribution in [0.15, 0.2) is 0 Å². The Balaban J connectivity index is 1.71. The fourth-order valence-corrected chi connectivity index (χ4v) is 2.17. The Bertz CT molecular complexity index is 391. The van der Waals surface area contributed by atoms with Crippen LogP contribution in [0.25, 0.3) is 0 Å². The zero-order valence-electron chi connectivity index (χ0n) is 11.4. The lowest BCUT2D eigenvalue weighted by Crippen LogP contribution is -2.53. The number of carbonyl (C=O) groups excluding carboxylic acids is 2. The number of hydrogen-bond donors (Lipinski definition) is 3. The summed E-state index contributed by atoms with van der Waals surface area (Å²) in [5.74, 6) is -4.06. The molecular weight excluding hydrogens is 270 g/mol. The number of hydrogen-bond acceptors (Lipinski definition) is 3. The van der Waals surface area contributed by atoms with Crippen molar-refractivity contribution in [1.82, 2.24) is 10.6 Å². The molecule has 2 aliphatic carbocycles. The Labute approximate surface area is 116 Å². The lowest BCUT2D eigenvalue weighted by Gasteiger charge is -2.34. The van der Waals surface area contributed by atoms with Crippen LogP contribution in [0.5, 0.6) is 0 Å². The van der Waals surface area contributed by atoms with E-state index in [0.29, 0.717) is 12.5 Å². The fourth-order valence-electron chi connectivity index (χ4n) is 2.17. The molecule has 0 radical (unpaired) electrons. The lowest BCUT2D eigenvalue weighted by molar-refractivity contribution is -0.151. The standard InChI is InChI=1S/C13H20F2N2O3/c1-7(10(18)12(20)16-6-8-2-3-8)17-11(19)9-4-13(14,15)5-9/h7-10,18H,2-6H2,1H3,(H,16,20)(H,17,19). The van der Waals surface area contributed by atoms with Gasteiger partial charge in [-0.1, -0.05) is 0 Å². The van der Waals surface area contributed by atoms with E-state index in [0.717, 1.165) is 12.8 Å². The highest BCUT2D eigenvalue weighted by molar-refractivity contribution is 5.84. The first-order valence-electron chi connectivity index (χ1n) is 6.92. The minimum atomic E-state index is -2.76. The van der Waals surface area contributed by atoms with Gasteiger partial charge in [0.15, 0.2) is 6.10 Å². The van der Waals surface area contributed by atoms with E-state index in [1.165, 1.54) is 6.92 Å². The molecule has 2 fully saturated rings. The molecule has 5 nitrogen and oxygen atoms in total. The fraction of sp³-hybridized carbons (Fsp3) is 0.846. The molecular formula is C13H20F2N2O3. The van der Waals surface area contributed by atoms with E-state index in [9.17, 15) is 23.5 Å². The second-order valence-electron chi connectivity index (χ2n) is 5.89. The van der Waals surface area contributed by atoms with Crippen molar-refractivity contribution in [2.75, 3.05) is 6.54 Å². The van der Waals surface area contributed by atoms with Crippen LogP contribution in [0.2, 0.25) is 0 Å². The third-order valence-electron chi connectivity index (χ3n) is 3.83. The van der Waals surface area contributed by atoms with Gasteiger partial charge >= 0.3 is 0 Å². The van der Waals surface area contributed by atoms with Crippen LogP contribution >= 0.6 is 0 Å². The summed E-state index contributed by atoms with van der Waals surface area (Å²) in [7, 11) is 0. The molecule has 2 atom stereocenters. The highest BCUT2D eigenvalue weighted by Gasteiger charge is 2.49. The maximum Gasteiger partial charge on any atom is 0.250 e. The Hall–Kier alpha value is -1.24. The van der Waals surface area contributed by atoms with Gasteiger partial charge in [0.25, 0.3) is 5.91 Å². The Morgan fingerprint density at radius 3 is 2.45 bits per heavy atom. The van der Waals surface area contributed by atoms with Crippen molar-refractivity contribution < 1.29 is 23.5 Å². The van der Waals surface area contributed by atoms with E-state index in [1.54, 1.807) is 0 Å². The van der Waals surface area contributed by atoms with Crippen LogP contribution in [0.4, 0.5) is 8.78 Å². The summed E-state index contributed by atoms with van der Waals surface area (Å²) in [6.07, 6.45) is -0.124. The third kappa shape index (κ3) is 3.88. The number of aliphatic hydroxyl groups excluding tert-OH is 1. The SMILES string of the molecule is CC(NC(=O)C1CC(F)(F)C1)C(O)C(=O)NCC1CC1. The molecule has 0 aromatic carbocycles. The van der Waals surface area contributed by atoms with Crippen LogP contribution < -0.4 is 10.6 Å². The highest BCUT2D eigenvalue weighted by Crippen LogP contribution is 2.42. The number of alkyl halides is 2. The summed E-state index contributed by atoms with van der Waals surface area (Å²) < 4.78 is 25.3. The van der Waals surface area contributed by atoms with E-state index < -0.39 is 48.6 Å². The molecule has 7 heteroatoms. The van der Waals surface area contributed by atoms with Gasteiger partial charge in [0.1, 0.15) is 0 Å². The average molecular weight is 290 g/mol. The largest absolute Gasteiger partial charge is 0.381 e. The first-order valence-corrected chi connectivity index (χ1v) is 6.92. The van der Waals surface area contributed by atoms with E-state index in [4.69, 9.17) is 0 Å². The van der Waals surface area contributed by atoms with E-state index in [-0.39, 0.29) is 0 Å². The maximum absolute atomic E-state index is 12.7. The number of aliphatic hydroxyl groups is 1. The molecule has 0 saturated heterocycles. The molecule has 2 rings (SSSR count). The second kappa shape index (κ2) is 5.63. The third-order valence-corrected chi connectivity index (χ3v) is 3.83. The zero-order valence-corrected chi connectivity index (χ0v) is 11.4. The summed E-state index contributed by atoms with van der Waals surface area (Å²) >= 11 is 0. The first-order chi connectivity index (χ1) is 9.28. The minimum Gasteiger partial charge on any atom is -0.381 e. The summed E-state index contributed by atoms with van der Waals surface area (Å²) in [4.78, 5) is 23.3. The topological polar surface area (TPSA) is 78.4 Å². The summed E-state index contributed by atoms with van der Waals surface area (Å²) in [6, 6.07) is -0.795. The van der Waals surface area contributed by atoms with Gasteiger partial charge in [-0.15, -0.1) is 0 Å². The number of amides is 2. The van der Waals surface area contributed by atoms with Gasteiger partial charge in [-0.2, -0.15) is 0 Å². The van der Waals surface area contributed by atoms with Gasteiger partial charge in [0, 0.05) is 25.3 Å². The number of carbonyl (C=O) groups is 2. The predicted molar refractivity (Wildman–Crippen MR) is 67.0 cm³/mol. The molecule has 0 spiro atoms. The van der Waals surface area contributed by atoms with Crippen molar-refractivity contribution in [3.05, 3.63) is 0 Å². The van der Waals surface area contributed by atoms with Gasteiger partial charge in [-0.05, 0) is 25.7 Å². The van der Waals surface area contributed by atoms with Crippen LogP contribution in [-0.2, 0) is 9.59 Å². The van der Waals surface area contributed by atoms with Crippen molar-refractivity contribution >= 4 is 11.8 Å². The lowest BCUT2D eigenvalue weighted by atomic mass is 9.80. The van der Waals surface area contributed by atoms with Crippen LogP contribution in [0, 0.1) is 11.8 Å². The van der Waals surface area contributed by atoms with Crippen LogP contribution in [0.1, 0.15) is 32.6 Å². The molecule has 0 heterocycles. The molecule has 2 amide bonds. The molecule has 20 heavy (non-hydrogen) atoms. The Kier molecular flexibility index (Phi) is 4.27. The van der Waals surface area contributed by atoms with E-state index >= 15 is 0 Å². The predicted octanol–water partition coefficient (Wildman–Crippen LogP) is 0.423. The average Bonchev–Trinajstić information content (AvgIpc) is 3.15. The van der Waals surface area contributed by atoms with Gasteiger partial charge in [-0.25, -0.2) is 8.78 Å². The summed E-state index contributed by atoms with van der Waals surface area (Å²) in [5, 5.41) is 14.8. The van der Waals surface area contributed by atoms with Gasteiger partial charge in [0.05, 0.1) is 6.04 Å². The Morgan fingerprint density at radius 2 is 1.95 bits per heavy atom. The highest BCUT2D eigenvalue weighted by atomic mass is 19.3. The molecule has 0 bridgehead atoms. The van der Waals surface area contributed by atoms with Crippen LogP contribution in [-0.4, -0.2) is 41.5 Å². The summed E-state index contributed by atoms with van der Waals surface area (Å²) in [6.45, 7) is 2.02. The maximum atomic E-state index is 12.7. The Morgan fingerprint density at radius 1 is 1.35 bits per heavy atom. The van der Waals surface area contributed by atoms with Crippen LogP contribution in [0.3, 0.4) is 0 Å². The van der Waals surface area contributed by atoms with Gasteiger partial charge in [-0.3, -0.25) is 9.59 Å². The molecule has 3 N–H and O–H groups in total. The van der Waals surface area contributed by atoms with Crippen molar-refractivity contribution in [2.45, 2.75) is 50.7 Å². The number of halogens is 2. The first kappa shape index (κ1) is 15.2. The number of rotatable bonds is 6. The van der Waals surface area contributed by atoms with E-state index in [1.807, 2.05) is 0 Å². The molecule has 0 aliphatic heterocycles. The molecule has 2 aliphatic rings.